The highest BCUT2D eigenvalue weighted by Gasteiger charge is 2.06. The van der Waals surface area contributed by atoms with Crippen LogP contribution in [0.1, 0.15) is 78.8 Å². The second-order valence-electron chi connectivity index (χ2n) is 5.40. The normalized spacial score (nSPS) is 10.7. The fourth-order valence-electron chi connectivity index (χ4n) is 2.36. The largest absolute Gasteiger partial charge is 0.477 e. The highest BCUT2D eigenvalue weighted by molar-refractivity contribution is 7.13. The van der Waals surface area contributed by atoms with Gasteiger partial charge in [0.1, 0.15) is 4.88 Å². The fourth-order valence-corrected chi connectivity index (χ4v) is 3.25. The van der Waals surface area contributed by atoms with Gasteiger partial charge in [0.05, 0.1) is 0 Å². The smallest absolute Gasteiger partial charge is 0.345 e. The summed E-state index contributed by atoms with van der Waals surface area (Å²) in [4.78, 5) is 22.4. The summed E-state index contributed by atoms with van der Waals surface area (Å²) in [5.41, 5.74) is 0. The van der Waals surface area contributed by atoms with Crippen LogP contribution in [0.5, 0.6) is 0 Å². The molecule has 0 aromatic carbocycles. The lowest BCUT2D eigenvalue weighted by atomic mass is 10.1. The Morgan fingerprint density at radius 3 is 2.05 bits per heavy atom. The van der Waals surface area contributed by atoms with Crippen LogP contribution in [0.4, 0.5) is 0 Å². The Morgan fingerprint density at radius 2 is 1.52 bits per heavy atom. The Hall–Kier alpha value is -1.16. The Kier molecular flexibility index (Phi) is 9.79. The standard InChI is InChI=1S/C17H25O3S/c18-14-10-8-6-4-2-1-3-5-7-9-11-15-12-13-16(21-15)17(19)20/h12-13H,1-11H2,(H,19,20). The van der Waals surface area contributed by atoms with Crippen LogP contribution in [0.2, 0.25) is 0 Å². The maximum atomic E-state index is 10.8. The van der Waals surface area contributed by atoms with E-state index in [1.807, 2.05) is 12.4 Å². The molecule has 0 aliphatic heterocycles. The first-order valence-electron chi connectivity index (χ1n) is 7.91. The van der Waals surface area contributed by atoms with Crippen molar-refractivity contribution in [3.63, 3.8) is 0 Å². The summed E-state index contributed by atoms with van der Waals surface area (Å²) in [6, 6.07) is 3.63. The number of aromatic carboxylic acids is 1. The number of unbranched alkanes of at least 4 members (excludes halogenated alkanes) is 9. The Bertz CT molecular complexity index is 412. The average molecular weight is 309 g/mol. The molecule has 0 aliphatic rings. The summed E-state index contributed by atoms with van der Waals surface area (Å²) in [7, 11) is 0. The molecule has 0 spiro atoms. The second-order valence-corrected chi connectivity index (χ2v) is 6.57. The third-order valence-electron chi connectivity index (χ3n) is 3.57. The van der Waals surface area contributed by atoms with Gasteiger partial charge in [-0.2, -0.15) is 0 Å². The molecule has 1 aromatic heterocycles. The lowest BCUT2D eigenvalue weighted by molar-refractivity contribution is 0.0702. The van der Waals surface area contributed by atoms with Gasteiger partial charge in [-0.25, -0.2) is 4.79 Å². The fraction of sp³-hybridized carbons (Fsp3) is 0.647. The highest BCUT2D eigenvalue weighted by atomic mass is 32.1. The number of carboxylic acids is 1. The van der Waals surface area contributed by atoms with Crippen LogP contribution in [0.15, 0.2) is 12.1 Å². The molecule has 1 heterocycles. The summed E-state index contributed by atoms with van der Waals surface area (Å²) >= 11 is 1.40. The molecule has 1 rings (SSSR count). The zero-order valence-corrected chi connectivity index (χ0v) is 13.4. The molecule has 0 saturated heterocycles. The van der Waals surface area contributed by atoms with Crippen LogP contribution < -0.4 is 0 Å². The van der Waals surface area contributed by atoms with Crippen LogP contribution in [0.25, 0.3) is 0 Å². The van der Waals surface area contributed by atoms with E-state index < -0.39 is 5.97 Å². The van der Waals surface area contributed by atoms with Gasteiger partial charge < -0.3 is 5.11 Å². The van der Waals surface area contributed by atoms with Crippen molar-refractivity contribution in [2.45, 2.75) is 70.6 Å². The van der Waals surface area contributed by atoms with E-state index in [9.17, 15) is 9.59 Å². The number of carbonyl (C=O) groups excluding carboxylic acids is 1. The zero-order valence-electron chi connectivity index (χ0n) is 12.6. The van der Waals surface area contributed by atoms with Crippen molar-refractivity contribution in [2.75, 3.05) is 0 Å². The van der Waals surface area contributed by atoms with Crippen molar-refractivity contribution in [2.24, 2.45) is 0 Å². The van der Waals surface area contributed by atoms with Crippen LogP contribution in [-0.2, 0) is 11.2 Å². The minimum atomic E-state index is -0.822. The molecule has 0 atom stereocenters. The molecule has 0 aliphatic carbocycles. The molecule has 1 N–H and O–H groups in total. The van der Waals surface area contributed by atoms with Gasteiger partial charge in [0.15, 0.2) is 6.29 Å². The van der Waals surface area contributed by atoms with Gasteiger partial charge in [0, 0.05) is 11.3 Å². The zero-order chi connectivity index (χ0) is 15.3. The van der Waals surface area contributed by atoms with Gasteiger partial charge in [-0.1, -0.05) is 44.9 Å². The van der Waals surface area contributed by atoms with Gasteiger partial charge in [0.25, 0.3) is 0 Å². The van der Waals surface area contributed by atoms with Crippen molar-refractivity contribution in [3.8, 4) is 0 Å². The van der Waals surface area contributed by atoms with Crippen molar-refractivity contribution >= 4 is 23.6 Å². The summed E-state index contributed by atoms with van der Waals surface area (Å²) in [5, 5.41) is 8.85. The van der Waals surface area contributed by atoms with Crippen LogP contribution >= 0.6 is 11.3 Å². The van der Waals surface area contributed by atoms with Crippen LogP contribution in [0.3, 0.4) is 0 Å². The molecular weight excluding hydrogens is 284 g/mol. The molecule has 21 heavy (non-hydrogen) atoms. The van der Waals surface area contributed by atoms with Crippen LogP contribution in [-0.4, -0.2) is 17.4 Å². The molecule has 3 nitrogen and oxygen atoms in total. The number of carboxylic acid groups (broad SMARTS) is 1. The van der Waals surface area contributed by atoms with E-state index in [-0.39, 0.29) is 0 Å². The van der Waals surface area contributed by atoms with E-state index in [4.69, 9.17) is 5.11 Å². The van der Waals surface area contributed by atoms with Crippen molar-refractivity contribution in [3.05, 3.63) is 21.9 Å². The Morgan fingerprint density at radius 1 is 0.952 bits per heavy atom. The molecule has 1 radical (unpaired) electrons. The van der Waals surface area contributed by atoms with E-state index in [2.05, 4.69) is 0 Å². The van der Waals surface area contributed by atoms with Crippen molar-refractivity contribution in [1.29, 1.82) is 0 Å². The molecule has 4 heteroatoms. The monoisotopic (exact) mass is 309 g/mol. The highest BCUT2D eigenvalue weighted by Crippen LogP contribution is 2.19. The average Bonchev–Trinajstić information content (AvgIpc) is 2.94. The summed E-state index contributed by atoms with van der Waals surface area (Å²) in [5.74, 6) is -0.822. The third-order valence-corrected chi connectivity index (χ3v) is 4.71. The maximum Gasteiger partial charge on any atom is 0.345 e. The molecule has 1 aromatic rings. The second kappa shape index (κ2) is 11.5. The first-order chi connectivity index (χ1) is 10.2. The quantitative estimate of drug-likeness (QED) is 0.522. The van der Waals surface area contributed by atoms with Gasteiger partial charge >= 0.3 is 5.97 Å². The minimum Gasteiger partial charge on any atom is -0.477 e. The number of aryl methyl sites for hydroxylation is 1. The van der Waals surface area contributed by atoms with E-state index in [0.29, 0.717) is 11.3 Å². The van der Waals surface area contributed by atoms with Gasteiger partial charge in [-0.3, -0.25) is 4.79 Å². The first-order valence-corrected chi connectivity index (χ1v) is 8.72. The Balaban J connectivity index is 1.90. The third kappa shape index (κ3) is 8.66. The van der Waals surface area contributed by atoms with Gasteiger partial charge in [-0.05, 0) is 31.4 Å². The predicted octanol–water partition coefficient (Wildman–Crippen LogP) is 5.00. The number of thiophene rings is 1. The van der Waals surface area contributed by atoms with E-state index in [1.54, 1.807) is 6.07 Å². The molecule has 0 amide bonds. The first kappa shape index (κ1) is 17.9. The lowest BCUT2D eigenvalue weighted by Gasteiger charge is -2.01. The van der Waals surface area contributed by atoms with E-state index in [0.717, 1.165) is 25.7 Å². The number of hydrogen-bond acceptors (Lipinski definition) is 3. The van der Waals surface area contributed by atoms with Crippen molar-refractivity contribution < 1.29 is 14.7 Å². The number of carbonyl (C=O) groups is 1. The van der Waals surface area contributed by atoms with Crippen LogP contribution in [0, 0.1) is 0 Å². The molecule has 0 saturated carbocycles. The Labute approximate surface area is 131 Å². The SMILES string of the molecule is O=[C]CCCCCCCCCCCc1ccc(C(=O)O)s1. The molecular formula is C17H25O3S. The lowest BCUT2D eigenvalue weighted by Crippen LogP contribution is -1.89. The molecule has 0 fully saturated rings. The number of hydrogen-bond donors (Lipinski definition) is 1. The van der Waals surface area contributed by atoms with Gasteiger partial charge in [0.2, 0.25) is 0 Å². The molecule has 0 unspecified atom stereocenters. The molecule has 117 valence electrons. The minimum absolute atomic E-state index is 0.442. The summed E-state index contributed by atoms with van der Waals surface area (Å²) < 4.78 is 0. The van der Waals surface area contributed by atoms with Crippen molar-refractivity contribution in [1.82, 2.24) is 0 Å². The predicted molar refractivity (Wildman–Crippen MR) is 86.8 cm³/mol. The summed E-state index contributed by atoms with van der Waals surface area (Å²) in [6.45, 7) is 0. The number of rotatable bonds is 13. The topological polar surface area (TPSA) is 54.4 Å². The van der Waals surface area contributed by atoms with E-state index in [1.165, 1.54) is 54.7 Å². The summed E-state index contributed by atoms with van der Waals surface area (Å²) in [6.07, 6.45) is 14.4. The van der Waals surface area contributed by atoms with E-state index >= 15 is 0 Å². The molecule has 0 bridgehead atoms. The maximum absolute atomic E-state index is 10.8. The van der Waals surface area contributed by atoms with Gasteiger partial charge in [-0.15, -0.1) is 11.3 Å².